The number of carbonyl (C=O) groups is 2. The third-order valence-corrected chi connectivity index (χ3v) is 4.81. The van der Waals surface area contributed by atoms with Crippen molar-refractivity contribution in [1.29, 1.82) is 0 Å². The van der Waals surface area contributed by atoms with Crippen LogP contribution in [0.25, 0.3) is 11.1 Å². The summed E-state index contributed by atoms with van der Waals surface area (Å²) in [6.45, 7) is 7.67. The maximum atomic E-state index is 12.5. The standard InChI is InChI=1S/C22H25ClO3/c1-14-9-17(16-5-7-18(23)8-6-16)10-15(2)20(14)11-19(24)12-22(3,4)13-21(25)26/h5-10H,11-13H2,1-4H3,(H,25,26). The number of ketones is 1. The Kier molecular flexibility index (Phi) is 6.25. The Morgan fingerprint density at radius 1 is 0.962 bits per heavy atom. The first kappa shape index (κ1) is 20.2. The van der Waals surface area contributed by atoms with Gasteiger partial charge in [0.25, 0.3) is 0 Å². The molecule has 0 unspecified atom stereocenters. The van der Waals surface area contributed by atoms with Gasteiger partial charge >= 0.3 is 5.97 Å². The van der Waals surface area contributed by atoms with E-state index in [0.29, 0.717) is 11.4 Å². The van der Waals surface area contributed by atoms with Crippen molar-refractivity contribution >= 4 is 23.4 Å². The molecule has 0 amide bonds. The molecular formula is C22H25ClO3. The van der Waals surface area contributed by atoms with Crippen LogP contribution in [-0.2, 0) is 16.0 Å². The van der Waals surface area contributed by atoms with E-state index in [0.717, 1.165) is 27.8 Å². The summed E-state index contributed by atoms with van der Waals surface area (Å²) >= 11 is 5.95. The number of hydrogen-bond acceptors (Lipinski definition) is 2. The first-order valence-electron chi connectivity index (χ1n) is 8.67. The fraction of sp³-hybridized carbons (Fsp3) is 0.364. The molecular weight excluding hydrogens is 348 g/mol. The van der Waals surface area contributed by atoms with Gasteiger partial charge in [-0.1, -0.05) is 49.7 Å². The number of hydrogen-bond donors (Lipinski definition) is 1. The summed E-state index contributed by atoms with van der Waals surface area (Å²) < 4.78 is 0. The zero-order chi connectivity index (χ0) is 19.5. The van der Waals surface area contributed by atoms with E-state index in [1.165, 1.54) is 0 Å². The highest BCUT2D eigenvalue weighted by atomic mass is 35.5. The minimum absolute atomic E-state index is 0.00773. The number of aliphatic carboxylic acids is 1. The van der Waals surface area contributed by atoms with Crippen LogP contribution in [0.1, 0.15) is 43.4 Å². The van der Waals surface area contributed by atoms with Crippen LogP contribution in [0.15, 0.2) is 36.4 Å². The lowest BCUT2D eigenvalue weighted by molar-refractivity contribution is -0.139. The zero-order valence-corrected chi connectivity index (χ0v) is 16.5. The second-order valence-corrected chi connectivity index (χ2v) is 8.16. The molecule has 0 bridgehead atoms. The molecule has 0 aromatic heterocycles. The predicted molar refractivity (Wildman–Crippen MR) is 106 cm³/mol. The van der Waals surface area contributed by atoms with Gasteiger partial charge in [0.05, 0.1) is 6.42 Å². The van der Waals surface area contributed by atoms with Gasteiger partial charge in [0, 0.05) is 17.9 Å². The van der Waals surface area contributed by atoms with Crippen molar-refractivity contribution in [1.82, 2.24) is 0 Å². The maximum Gasteiger partial charge on any atom is 0.303 e. The number of carbonyl (C=O) groups excluding carboxylic acids is 1. The van der Waals surface area contributed by atoms with Gasteiger partial charge in [-0.05, 0) is 59.2 Å². The molecule has 0 aliphatic rings. The predicted octanol–water partition coefficient (Wildman–Crippen LogP) is 5.63. The van der Waals surface area contributed by atoms with Gasteiger partial charge in [0.2, 0.25) is 0 Å². The van der Waals surface area contributed by atoms with Crippen LogP contribution in [0, 0.1) is 19.3 Å². The number of aryl methyl sites for hydroxylation is 2. The van der Waals surface area contributed by atoms with Crippen LogP contribution in [0.5, 0.6) is 0 Å². The summed E-state index contributed by atoms with van der Waals surface area (Å²) in [5, 5.41) is 9.68. The van der Waals surface area contributed by atoms with Crippen molar-refractivity contribution in [3.05, 3.63) is 58.1 Å². The second kappa shape index (κ2) is 8.05. The van der Waals surface area contributed by atoms with Crippen molar-refractivity contribution in [3.63, 3.8) is 0 Å². The Morgan fingerprint density at radius 3 is 2.00 bits per heavy atom. The van der Waals surface area contributed by atoms with Crippen LogP contribution in [-0.4, -0.2) is 16.9 Å². The highest BCUT2D eigenvalue weighted by molar-refractivity contribution is 6.30. The molecule has 1 N–H and O–H groups in total. The van der Waals surface area contributed by atoms with Gasteiger partial charge in [-0.25, -0.2) is 0 Å². The van der Waals surface area contributed by atoms with E-state index >= 15 is 0 Å². The van der Waals surface area contributed by atoms with Gasteiger partial charge in [-0.15, -0.1) is 0 Å². The fourth-order valence-electron chi connectivity index (χ4n) is 3.35. The third kappa shape index (κ3) is 5.43. The molecule has 0 radical (unpaired) electrons. The molecule has 0 heterocycles. The number of halogens is 1. The van der Waals surface area contributed by atoms with E-state index in [4.69, 9.17) is 16.7 Å². The molecule has 0 aliphatic carbocycles. The second-order valence-electron chi connectivity index (χ2n) is 7.72. The highest BCUT2D eigenvalue weighted by Gasteiger charge is 2.25. The van der Waals surface area contributed by atoms with E-state index in [1.807, 2.05) is 52.0 Å². The van der Waals surface area contributed by atoms with E-state index in [-0.39, 0.29) is 18.6 Å². The molecule has 2 rings (SSSR count). The zero-order valence-electron chi connectivity index (χ0n) is 15.7. The van der Waals surface area contributed by atoms with Crippen LogP contribution < -0.4 is 0 Å². The van der Waals surface area contributed by atoms with Gasteiger partial charge in [0.15, 0.2) is 0 Å². The van der Waals surface area contributed by atoms with E-state index < -0.39 is 11.4 Å². The molecule has 0 saturated heterocycles. The minimum atomic E-state index is -0.873. The topological polar surface area (TPSA) is 54.4 Å². The van der Waals surface area contributed by atoms with Crippen molar-refractivity contribution < 1.29 is 14.7 Å². The van der Waals surface area contributed by atoms with Gasteiger partial charge < -0.3 is 5.11 Å². The van der Waals surface area contributed by atoms with E-state index in [9.17, 15) is 9.59 Å². The van der Waals surface area contributed by atoms with Crippen molar-refractivity contribution in [2.75, 3.05) is 0 Å². The number of rotatable bonds is 7. The maximum absolute atomic E-state index is 12.5. The van der Waals surface area contributed by atoms with Crippen LogP contribution in [0.4, 0.5) is 0 Å². The summed E-state index contributed by atoms with van der Waals surface area (Å²) in [7, 11) is 0. The summed E-state index contributed by atoms with van der Waals surface area (Å²) in [5.41, 5.74) is 4.81. The molecule has 3 nitrogen and oxygen atoms in total. The summed E-state index contributed by atoms with van der Waals surface area (Å²) in [6.07, 6.45) is 0.588. The van der Waals surface area contributed by atoms with Crippen LogP contribution in [0.2, 0.25) is 5.02 Å². The normalized spacial score (nSPS) is 11.4. The minimum Gasteiger partial charge on any atom is -0.481 e. The van der Waals surface area contributed by atoms with Gasteiger partial charge in [-0.2, -0.15) is 0 Å². The SMILES string of the molecule is Cc1cc(-c2ccc(Cl)cc2)cc(C)c1CC(=O)CC(C)(C)CC(=O)O. The number of benzene rings is 2. The van der Waals surface area contributed by atoms with E-state index in [2.05, 4.69) is 12.1 Å². The lowest BCUT2D eigenvalue weighted by atomic mass is 9.82. The van der Waals surface area contributed by atoms with Crippen molar-refractivity contribution in [2.45, 2.75) is 47.0 Å². The quantitative estimate of drug-likeness (QED) is 0.685. The molecule has 0 spiro atoms. The van der Waals surface area contributed by atoms with Gasteiger partial charge in [-0.3, -0.25) is 9.59 Å². The van der Waals surface area contributed by atoms with E-state index in [1.54, 1.807) is 0 Å². The van der Waals surface area contributed by atoms with Crippen LogP contribution in [0.3, 0.4) is 0 Å². The Labute approximate surface area is 160 Å². The Morgan fingerprint density at radius 2 is 1.50 bits per heavy atom. The molecule has 2 aromatic carbocycles. The Bertz CT molecular complexity index is 797. The van der Waals surface area contributed by atoms with Crippen molar-refractivity contribution in [3.8, 4) is 11.1 Å². The summed E-state index contributed by atoms with van der Waals surface area (Å²) in [4.78, 5) is 23.4. The fourth-order valence-corrected chi connectivity index (χ4v) is 3.47. The first-order valence-corrected chi connectivity index (χ1v) is 9.05. The highest BCUT2D eigenvalue weighted by Crippen LogP contribution is 2.29. The molecule has 0 saturated carbocycles. The first-order chi connectivity index (χ1) is 12.1. The smallest absolute Gasteiger partial charge is 0.303 e. The number of carboxylic acids is 1. The molecule has 26 heavy (non-hydrogen) atoms. The molecule has 0 aliphatic heterocycles. The average molecular weight is 373 g/mol. The molecule has 0 fully saturated rings. The molecule has 138 valence electrons. The average Bonchev–Trinajstić information content (AvgIpc) is 2.49. The Balaban J connectivity index is 2.19. The Hall–Kier alpha value is -2.13. The number of Topliss-reactive ketones (excluding diaryl/α,β-unsaturated/α-hetero) is 1. The monoisotopic (exact) mass is 372 g/mol. The van der Waals surface area contributed by atoms with Gasteiger partial charge in [0.1, 0.15) is 5.78 Å². The molecule has 4 heteroatoms. The lowest BCUT2D eigenvalue weighted by Crippen LogP contribution is -2.22. The molecule has 0 atom stereocenters. The lowest BCUT2D eigenvalue weighted by Gasteiger charge is -2.22. The van der Waals surface area contributed by atoms with Crippen LogP contribution >= 0.6 is 11.6 Å². The largest absolute Gasteiger partial charge is 0.481 e. The van der Waals surface area contributed by atoms with Crippen molar-refractivity contribution in [2.24, 2.45) is 5.41 Å². The number of carboxylic acid groups (broad SMARTS) is 1. The summed E-state index contributed by atoms with van der Waals surface area (Å²) in [6, 6.07) is 11.9. The third-order valence-electron chi connectivity index (χ3n) is 4.55. The summed E-state index contributed by atoms with van der Waals surface area (Å²) in [5.74, 6) is -0.802. The molecule has 2 aromatic rings.